The van der Waals surface area contributed by atoms with Crippen molar-refractivity contribution in [1.82, 2.24) is 25.2 Å². The molecular formula is C18H23IN6O. The van der Waals surface area contributed by atoms with Crippen LogP contribution >= 0.6 is 24.0 Å². The maximum absolute atomic E-state index is 4.84. The van der Waals surface area contributed by atoms with E-state index >= 15 is 0 Å². The van der Waals surface area contributed by atoms with Gasteiger partial charge in [-0.15, -0.1) is 24.0 Å². The van der Waals surface area contributed by atoms with E-state index in [2.05, 4.69) is 25.5 Å². The quantitative estimate of drug-likeness (QED) is 0.344. The van der Waals surface area contributed by atoms with Crippen molar-refractivity contribution in [3.05, 3.63) is 66.3 Å². The van der Waals surface area contributed by atoms with Gasteiger partial charge in [0.05, 0.1) is 18.4 Å². The Hall–Kier alpha value is -2.36. The molecule has 0 saturated heterocycles. The van der Waals surface area contributed by atoms with Crippen molar-refractivity contribution in [3.8, 4) is 5.69 Å². The predicted octanol–water partition coefficient (Wildman–Crippen LogP) is 3.08. The van der Waals surface area contributed by atoms with Crippen molar-refractivity contribution in [2.45, 2.75) is 20.0 Å². The van der Waals surface area contributed by atoms with Crippen LogP contribution in [0.2, 0.25) is 0 Å². The fourth-order valence-corrected chi connectivity index (χ4v) is 2.46. The zero-order valence-corrected chi connectivity index (χ0v) is 17.2. The van der Waals surface area contributed by atoms with Crippen LogP contribution in [-0.4, -0.2) is 39.4 Å². The van der Waals surface area contributed by atoms with Gasteiger partial charge < -0.3 is 14.7 Å². The summed E-state index contributed by atoms with van der Waals surface area (Å²) < 4.78 is 6.72. The highest BCUT2D eigenvalue weighted by molar-refractivity contribution is 14.0. The topological polar surface area (TPSA) is 71.5 Å². The van der Waals surface area contributed by atoms with Crippen LogP contribution in [0.5, 0.6) is 0 Å². The standard InChI is InChI=1S/C18H22N6O.HI/c1-3-19-18(20-12-16-9-10-25-22-16)23(2)13-15-11-21-24(14-15)17-7-5-4-6-8-17;/h4-11,14H,3,12-13H2,1-2H3,(H,19,20);1H. The summed E-state index contributed by atoms with van der Waals surface area (Å²) in [6, 6.07) is 11.9. The molecule has 0 unspecified atom stereocenters. The number of aliphatic imine (C=N–C) groups is 1. The lowest BCUT2D eigenvalue weighted by molar-refractivity contribution is 0.411. The maximum Gasteiger partial charge on any atom is 0.194 e. The van der Waals surface area contributed by atoms with Crippen LogP contribution in [0.15, 0.2) is 64.6 Å². The molecule has 138 valence electrons. The van der Waals surface area contributed by atoms with E-state index in [1.807, 2.05) is 67.4 Å². The van der Waals surface area contributed by atoms with Crippen molar-refractivity contribution in [2.75, 3.05) is 13.6 Å². The summed E-state index contributed by atoms with van der Waals surface area (Å²) in [5, 5.41) is 11.6. The molecule has 0 fully saturated rings. The lowest BCUT2D eigenvalue weighted by Crippen LogP contribution is -2.38. The largest absolute Gasteiger partial charge is 0.364 e. The number of hydrogen-bond donors (Lipinski definition) is 1. The van der Waals surface area contributed by atoms with Crippen LogP contribution < -0.4 is 5.32 Å². The van der Waals surface area contributed by atoms with Crippen molar-refractivity contribution in [2.24, 2.45) is 4.99 Å². The predicted molar refractivity (Wildman–Crippen MR) is 112 cm³/mol. The highest BCUT2D eigenvalue weighted by Crippen LogP contribution is 2.09. The van der Waals surface area contributed by atoms with Gasteiger partial charge >= 0.3 is 0 Å². The first-order valence-electron chi connectivity index (χ1n) is 8.24. The van der Waals surface area contributed by atoms with Crippen LogP contribution in [0.4, 0.5) is 0 Å². The highest BCUT2D eigenvalue weighted by Gasteiger charge is 2.09. The second-order valence-corrected chi connectivity index (χ2v) is 5.65. The van der Waals surface area contributed by atoms with Gasteiger partial charge in [-0.1, -0.05) is 23.4 Å². The Labute approximate surface area is 170 Å². The van der Waals surface area contributed by atoms with Crippen LogP contribution in [0.1, 0.15) is 18.2 Å². The first-order valence-corrected chi connectivity index (χ1v) is 8.24. The number of halogens is 1. The molecule has 2 heterocycles. The highest BCUT2D eigenvalue weighted by atomic mass is 127. The maximum atomic E-state index is 4.84. The Kier molecular flexibility index (Phi) is 7.64. The second-order valence-electron chi connectivity index (χ2n) is 5.65. The number of rotatable bonds is 6. The zero-order chi connectivity index (χ0) is 17.5. The summed E-state index contributed by atoms with van der Waals surface area (Å²) in [6.07, 6.45) is 5.47. The smallest absolute Gasteiger partial charge is 0.194 e. The fourth-order valence-electron chi connectivity index (χ4n) is 2.46. The van der Waals surface area contributed by atoms with Crippen molar-refractivity contribution >= 4 is 29.9 Å². The molecule has 2 aromatic heterocycles. The molecule has 3 rings (SSSR count). The Morgan fingerprint density at radius 3 is 2.77 bits per heavy atom. The van der Waals surface area contributed by atoms with Gasteiger partial charge in [0.25, 0.3) is 0 Å². The van der Waals surface area contributed by atoms with Gasteiger partial charge in [-0.3, -0.25) is 0 Å². The molecule has 1 N–H and O–H groups in total. The number of guanidine groups is 1. The van der Waals surface area contributed by atoms with Gasteiger partial charge in [-0.25, -0.2) is 9.67 Å². The van der Waals surface area contributed by atoms with E-state index in [0.717, 1.165) is 29.4 Å². The normalized spacial score (nSPS) is 11.1. The zero-order valence-electron chi connectivity index (χ0n) is 14.9. The summed E-state index contributed by atoms with van der Waals surface area (Å²) >= 11 is 0. The lowest BCUT2D eigenvalue weighted by atomic mass is 10.3. The van der Waals surface area contributed by atoms with Gasteiger partial charge in [0.1, 0.15) is 12.0 Å². The number of nitrogens with zero attached hydrogens (tertiary/aromatic N) is 5. The minimum Gasteiger partial charge on any atom is -0.364 e. The molecular weight excluding hydrogens is 443 g/mol. The molecule has 26 heavy (non-hydrogen) atoms. The van der Waals surface area contributed by atoms with Crippen molar-refractivity contribution in [3.63, 3.8) is 0 Å². The summed E-state index contributed by atoms with van der Waals surface area (Å²) in [6.45, 7) is 4.03. The SMILES string of the molecule is CCNC(=NCc1ccon1)N(C)Cc1cnn(-c2ccccc2)c1.I. The van der Waals surface area contributed by atoms with Crippen LogP contribution in [0, 0.1) is 0 Å². The third kappa shape index (κ3) is 5.32. The molecule has 0 saturated carbocycles. The second kappa shape index (κ2) is 9.95. The summed E-state index contributed by atoms with van der Waals surface area (Å²) in [5.74, 6) is 0.818. The van der Waals surface area contributed by atoms with E-state index in [0.29, 0.717) is 13.1 Å². The number of aromatic nitrogens is 3. The average Bonchev–Trinajstić information content (AvgIpc) is 3.31. The van der Waals surface area contributed by atoms with E-state index in [1.165, 1.54) is 0 Å². The average molecular weight is 466 g/mol. The Balaban J connectivity index is 0.00000243. The van der Waals surface area contributed by atoms with Gasteiger partial charge in [0, 0.05) is 38.0 Å². The molecule has 0 aliphatic carbocycles. The van der Waals surface area contributed by atoms with Gasteiger partial charge in [-0.05, 0) is 19.1 Å². The fraction of sp³-hybridized carbons (Fsp3) is 0.278. The molecule has 0 atom stereocenters. The summed E-state index contributed by atoms with van der Waals surface area (Å²) in [5.41, 5.74) is 2.96. The Bertz CT molecular complexity index is 800. The van der Waals surface area contributed by atoms with Gasteiger partial charge in [0.15, 0.2) is 5.96 Å². The third-order valence-corrected chi connectivity index (χ3v) is 3.66. The molecule has 0 bridgehead atoms. The Morgan fingerprint density at radius 2 is 2.08 bits per heavy atom. The van der Waals surface area contributed by atoms with Crippen molar-refractivity contribution in [1.29, 1.82) is 0 Å². The molecule has 0 aliphatic rings. The number of hydrogen-bond acceptors (Lipinski definition) is 4. The number of para-hydroxylation sites is 1. The molecule has 0 aliphatic heterocycles. The molecule has 0 spiro atoms. The van der Waals surface area contributed by atoms with E-state index in [9.17, 15) is 0 Å². The first kappa shape index (κ1) is 20.0. The van der Waals surface area contributed by atoms with Crippen LogP contribution in [-0.2, 0) is 13.1 Å². The first-order chi connectivity index (χ1) is 12.3. The molecule has 1 aromatic carbocycles. The molecule has 8 heteroatoms. The number of nitrogens with one attached hydrogen (secondary N) is 1. The third-order valence-electron chi connectivity index (χ3n) is 3.66. The molecule has 0 radical (unpaired) electrons. The summed E-state index contributed by atoms with van der Waals surface area (Å²) in [4.78, 5) is 6.66. The van der Waals surface area contributed by atoms with E-state index in [-0.39, 0.29) is 24.0 Å². The molecule has 7 nitrogen and oxygen atoms in total. The monoisotopic (exact) mass is 466 g/mol. The van der Waals surface area contributed by atoms with E-state index < -0.39 is 0 Å². The number of benzene rings is 1. The van der Waals surface area contributed by atoms with E-state index in [4.69, 9.17) is 4.52 Å². The molecule has 0 amide bonds. The van der Waals surface area contributed by atoms with Gasteiger partial charge in [0.2, 0.25) is 0 Å². The molecule has 3 aromatic rings. The lowest BCUT2D eigenvalue weighted by Gasteiger charge is -2.21. The van der Waals surface area contributed by atoms with Crippen LogP contribution in [0.25, 0.3) is 5.69 Å². The minimum atomic E-state index is 0. The minimum absolute atomic E-state index is 0. The van der Waals surface area contributed by atoms with Crippen molar-refractivity contribution < 1.29 is 4.52 Å². The van der Waals surface area contributed by atoms with Crippen LogP contribution in [0.3, 0.4) is 0 Å². The Morgan fingerprint density at radius 1 is 1.27 bits per heavy atom. The summed E-state index contributed by atoms with van der Waals surface area (Å²) in [7, 11) is 2.00. The van der Waals surface area contributed by atoms with E-state index in [1.54, 1.807) is 6.26 Å². The van der Waals surface area contributed by atoms with Gasteiger partial charge in [-0.2, -0.15) is 5.10 Å².